The predicted octanol–water partition coefficient (Wildman–Crippen LogP) is 4.11. The summed E-state index contributed by atoms with van der Waals surface area (Å²) in [6.45, 7) is 6.47. The lowest BCUT2D eigenvalue weighted by molar-refractivity contribution is 0.132. The first-order valence-corrected chi connectivity index (χ1v) is 7.70. The van der Waals surface area contributed by atoms with E-state index in [4.69, 9.17) is 28.9 Å². The first-order valence-electron chi connectivity index (χ1n) is 6.94. The Balaban J connectivity index is 2.05. The Kier molecular flexibility index (Phi) is 5.13. The third-order valence-corrected chi connectivity index (χ3v) is 5.13. The van der Waals surface area contributed by atoms with Crippen LogP contribution >= 0.6 is 23.2 Å². The highest BCUT2D eigenvalue weighted by Gasteiger charge is 2.26. The predicted molar refractivity (Wildman–Crippen MR) is 82.8 cm³/mol. The van der Waals surface area contributed by atoms with E-state index in [0.717, 1.165) is 18.7 Å². The Bertz CT molecular complexity index is 426. The average molecular weight is 301 g/mol. The largest absolute Gasteiger partial charge is 0.328 e. The Morgan fingerprint density at radius 1 is 1.21 bits per heavy atom. The van der Waals surface area contributed by atoms with E-state index in [1.54, 1.807) is 0 Å². The SMILES string of the molecule is CC(N)C1CCN(C(C)c2cccc(Cl)c2Cl)CC1. The molecular weight excluding hydrogens is 279 g/mol. The number of rotatable bonds is 3. The molecule has 1 aliphatic heterocycles. The van der Waals surface area contributed by atoms with Crippen molar-refractivity contribution >= 4 is 23.2 Å². The first-order chi connectivity index (χ1) is 9.00. The summed E-state index contributed by atoms with van der Waals surface area (Å²) < 4.78 is 0. The fourth-order valence-electron chi connectivity index (χ4n) is 2.87. The molecule has 0 bridgehead atoms. The van der Waals surface area contributed by atoms with Gasteiger partial charge in [-0.1, -0.05) is 35.3 Å². The molecule has 2 nitrogen and oxygen atoms in total. The number of benzene rings is 1. The van der Waals surface area contributed by atoms with E-state index in [-0.39, 0.29) is 0 Å². The minimum Gasteiger partial charge on any atom is -0.328 e. The fraction of sp³-hybridized carbons (Fsp3) is 0.600. The van der Waals surface area contributed by atoms with Crippen molar-refractivity contribution in [3.63, 3.8) is 0 Å². The molecule has 2 N–H and O–H groups in total. The van der Waals surface area contributed by atoms with E-state index in [2.05, 4.69) is 24.8 Å². The van der Waals surface area contributed by atoms with Crippen LogP contribution in [0, 0.1) is 5.92 Å². The summed E-state index contributed by atoms with van der Waals surface area (Å²) in [5.74, 6) is 0.651. The Labute approximate surface area is 125 Å². The van der Waals surface area contributed by atoms with Gasteiger partial charge < -0.3 is 5.73 Å². The lowest BCUT2D eigenvalue weighted by atomic mass is 9.90. The Morgan fingerprint density at radius 2 is 1.84 bits per heavy atom. The van der Waals surface area contributed by atoms with E-state index in [0.29, 0.717) is 28.0 Å². The van der Waals surface area contributed by atoms with Crippen molar-refractivity contribution in [2.75, 3.05) is 13.1 Å². The monoisotopic (exact) mass is 300 g/mol. The summed E-state index contributed by atoms with van der Waals surface area (Å²) >= 11 is 12.4. The molecule has 0 radical (unpaired) electrons. The first kappa shape index (κ1) is 15.1. The van der Waals surface area contributed by atoms with Crippen molar-refractivity contribution < 1.29 is 0 Å². The second kappa shape index (κ2) is 6.45. The number of likely N-dealkylation sites (tertiary alicyclic amines) is 1. The molecule has 19 heavy (non-hydrogen) atoms. The minimum absolute atomic E-state index is 0.298. The molecule has 4 heteroatoms. The maximum atomic E-state index is 6.31. The van der Waals surface area contributed by atoms with Crippen LogP contribution in [0.3, 0.4) is 0 Å². The standard InChI is InChI=1S/C15H22Cl2N2/c1-10(18)12-6-8-19(9-7-12)11(2)13-4-3-5-14(16)15(13)17/h3-5,10-12H,6-9,18H2,1-2H3. The van der Waals surface area contributed by atoms with Crippen LogP contribution in [0.5, 0.6) is 0 Å². The van der Waals surface area contributed by atoms with E-state index < -0.39 is 0 Å². The van der Waals surface area contributed by atoms with Gasteiger partial charge in [0.2, 0.25) is 0 Å². The second-order valence-corrected chi connectivity index (χ2v) is 6.34. The Hall–Kier alpha value is -0.280. The van der Waals surface area contributed by atoms with Crippen molar-refractivity contribution in [1.82, 2.24) is 4.90 Å². The number of nitrogens with zero attached hydrogens (tertiary/aromatic N) is 1. The number of piperidine rings is 1. The van der Waals surface area contributed by atoms with E-state index in [9.17, 15) is 0 Å². The summed E-state index contributed by atoms with van der Waals surface area (Å²) in [4.78, 5) is 2.47. The quantitative estimate of drug-likeness (QED) is 0.910. The zero-order valence-electron chi connectivity index (χ0n) is 11.6. The van der Waals surface area contributed by atoms with Gasteiger partial charge in [-0.3, -0.25) is 4.90 Å². The van der Waals surface area contributed by atoms with Crippen LogP contribution in [0.2, 0.25) is 10.0 Å². The Morgan fingerprint density at radius 3 is 2.42 bits per heavy atom. The van der Waals surface area contributed by atoms with Crippen molar-refractivity contribution in [2.24, 2.45) is 11.7 Å². The highest BCUT2D eigenvalue weighted by molar-refractivity contribution is 6.42. The molecule has 2 unspecified atom stereocenters. The molecule has 1 aliphatic rings. The van der Waals surface area contributed by atoms with Gasteiger partial charge in [-0.2, -0.15) is 0 Å². The van der Waals surface area contributed by atoms with Gasteiger partial charge in [-0.25, -0.2) is 0 Å². The normalized spacial score (nSPS) is 21.3. The van der Waals surface area contributed by atoms with Crippen LogP contribution in [0.1, 0.15) is 38.3 Å². The minimum atomic E-state index is 0.298. The molecule has 2 atom stereocenters. The molecule has 0 aromatic heterocycles. The summed E-state index contributed by atoms with van der Waals surface area (Å²) in [5.41, 5.74) is 7.11. The van der Waals surface area contributed by atoms with Gasteiger partial charge in [0.05, 0.1) is 10.0 Å². The third kappa shape index (κ3) is 3.43. The highest BCUT2D eigenvalue weighted by Crippen LogP contribution is 2.34. The number of nitrogens with two attached hydrogens (primary N) is 1. The third-order valence-electron chi connectivity index (χ3n) is 4.30. The fourth-order valence-corrected chi connectivity index (χ4v) is 3.34. The van der Waals surface area contributed by atoms with Crippen LogP contribution < -0.4 is 5.73 Å². The van der Waals surface area contributed by atoms with Crippen molar-refractivity contribution in [2.45, 2.75) is 38.8 Å². The zero-order valence-corrected chi connectivity index (χ0v) is 13.1. The lowest BCUT2D eigenvalue weighted by Gasteiger charge is -2.37. The van der Waals surface area contributed by atoms with E-state index >= 15 is 0 Å². The second-order valence-electron chi connectivity index (χ2n) is 5.55. The van der Waals surface area contributed by atoms with Gasteiger partial charge in [-0.05, 0) is 57.3 Å². The summed E-state index contributed by atoms with van der Waals surface area (Å²) in [6, 6.07) is 6.47. The molecular formula is C15H22Cl2N2. The number of halogens is 2. The summed E-state index contributed by atoms with van der Waals surface area (Å²) in [5, 5.41) is 1.32. The van der Waals surface area contributed by atoms with Gasteiger partial charge >= 0.3 is 0 Å². The molecule has 1 heterocycles. The molecule has 0 aliphatic carbocycles. The highest BCUT2D eigenvalue weighted by atomic mass is 35.5. The number of hydrogen-bond acceptors (Lipinski definition) is 2. The topological polar surface area (TPSA) is 29.3 Å². The van der Waals surface area contributed by atoms with Crippen LogP contribution in [0.25, 0.3) is 0 Å². The average Bonchev–Trinajstić information content (AvgIpc) is 2.41. The van der Waals surface area contributed by atoms with E-state index in [1.807, 2.05) is 12.1 Å². The molecule has 106 valence electrons. The van der Waals surface area contributed by atoms with Gasteiger partial charge in [0, 0.05) is 12.1 Å². The van der Waals surface area contributed by atoms with Gasteiger partial charge in [-0.15, -0.1) is 0 Å². The van der Waals surface area contributed by atoms with Crippen LogP contribution in [0.15, 0.2) is 18.2 Å². The van der Waals surface area contributed by atoms with Crippen LogP contribution in [-0.4, -0.2) is 24.0 Å². The lowest BCUT2D eigenvalue weighted by Crippen LogP contribution is -2.40. The van der Waals surface area contributed by atoms with Gasteiger partial charge in [0.15, 0.2) is 0 Å². The molecule has 1 aromatic carbocycles. The smallest absolute Gasteiger partial charge is 0.0640 e. The van der Waals surface area contributed by atoms with Crippen molar-refractivity contribution in [3.05, 3.63) is 33.8 Å². The molecule has 2 rings (SSSR count). The zero-order chi connectivity index (χ0) is 14.0. The summed E-state index contributed by atoms with van der Waals surface area (Å²) in [6.07, 6.45) is 2.33. The van der Waals surface area contributed by atoms with Crippen molar-refractivity contribution in [3.8, 4) is 0 Å². The van der Waals surface area contributed by atoms with E-state index in [1.165, 1.54) is 12.8 Å². The number of hydrogen-bond donors (Lipinski definition) is 1. The van der Waals surface area contributed by atoms with Crippen LogP contribution in [0.4, 0.5) is 0 Å². The van der Waals surface area contributed by atoms with Gasteiger partial charge in [0.1, 0.15) is 0 Å². The molecule has 0 spiro atoms. The van der Waals surface area contributed by atoms with Crippen LogP contribution in [-0.2, 0) is 0 Å². The maximum absolute atomic E-state index is 6.31. The molecule has 0 amide bonds. The molecule has 0 saturated carbocycles. The summed E-state index contributed by atoms with van der Waals surface area (Å²) in [7, 11) is 0. The van der Waals surface area contributed by atoms with Gasteiger partial charge in [0.25, 0.3) is 0 Å². The molecule has 1 saturated heterocycles. The maximum Gasteiger partial charge on any atom is 0.0640 e. The van der Waals surface area contributed by atoms with Crippen molar-refractivity contribution in [1.29, 1.82) is 0 Å². The molecule has 1 fully saturated rings. The molecule has 1 aromatic rings.